The minimum absolute atomic E-state index is 0.593. The van der Waals surface area contributed by atoms with Crippen molar-refractivity contribution in [2.24, 2.45) is 4.99 Å². The van der Waals surface area contributed by atoms with E-state index in [0.29, 0.717) is 13.2 Å². The van der Waals surface area contributed by atoms with Crippen LogP contribution in [0.1, 0.15) is 28.1 Å². The van der Waals surface area contributed by atoms with E-state index in [1.165, 1.54) is 21.1 Å². The molecule has 0 bridgehead atoms. The molecule has 0 amide bonds. The van der Waals surface area contributed by atoms with Crippen molar-refractivity contribution in [2.45, 2.75) is 33.6 Å². The Morgan fingerprint density at radius 1 is 1.16 bits per heavy atom. The van der Waals surface area contributed by atoms with Gasteiger partial charge in [0.2, 0.25) is 0 Å². The number of guanidine groups is 1. The molecule has 0 aliphatic heterocycles. The molecule has 2 rings (SSSR count). The molecule has 1 aromatic carbocycles. The van der Waals surface area contributed by atoms with Crippen molar-refractivity contribution in [1.29, 1.82) is 0 Å². The SMILES string of the molecule is CCc1nc(CCNC(=NC)NCCOc2ccc(C)cc2)sc1C. The van der Waals surface area contributed by atoms with Crippen LogP contribution in [0.25, 0.3) is 0 Å². The van der Waals surface area contributed by atoms with Gasteiger partial charge in [-0.25, -0.2) is 4.98 Å². The number of aromatic nitrogens is 1. The first-order chi connectivity index (χ1) is 12.1. The number of thiazole rings is 1. The van der Waals surface area contributed by atoms with E-state index in [4.69, 9.17) is 4.74 Å². The predicted molar refractivity (Wildman–Crippen MR) is 106 cm³/mol. The van der Waals surface area contributed by atoms with E-state index in [9.17, 15) is 0 Å². The van der Waals surface area contributed by atoms with Gasteiger partial charge in [-0.3, -0.25) is 4.99 Å². The molecule has 0 unspecified atom stereocenters. The Labute approximate surface area is 154 Å². The number of aliphatic imine (C=N–C) groups is 1. The van der Waals surface area contributed by atoms with Crippen LogP contribution in [0.5, 0.6) is 5.75 Å². The zero-order valence-corrected chi connectivity index (χ0v) is 16.4. The summed E-state index contributed by atoms with van der Waals surface area (Å²) in [7, 11) is 1.78. The number of benzene rings is 1. The maximum atomic E-state index is 5.70. The number of aryl methyl sites for hydroxylation is 3. The van der Waals surface area contributed by atoms with Crippen LogP contribution in [0, 0.1) is 13.8 Å². The van der Waals surface area contributed by atoms with Crippen LogP contribution in [-0.4, -0.2) is 37.7 Å². The van der Waals surface area contributed by atoms with Gasteiger partial charge in [0.1, 0.15) is 12.4 Å². The zero-order chi connectivity index (χ0) is 18.1. The maximum Gasteiger partial charge on any atom is 0.191 e. The van der Waals surface area contributed by atoms with Gasteiger partial charge >= 0.3 is 0 Å². The van der Waals surface area contributed by atoms with Crippen molar-refractivity contribution in [3.05, 3.63) is 45.4 Å². The van der Waals surface area contributed by atoms with Gasteiger partial charge in [-0.05, 0) is 32.4 Å². The smallest absolute Gasteiger partial charge is 0.191 e. The second-order valence-electron chi connectivity index (χ2n) is 5.80. The molecule has 0 radical (unpaired) electrons. The summed E-state index contributed by atoms with van der Waals surface area (Å²) in [4.78, 5) is 10.2. The first-order valence-electron chi connectivity index (χ1n) is 8.71. The average Bonchev–Trinajstić information content (AvgIpc) is 2.98. The summed E-state index contributed by atoms with van der Waals surface area (Å²) in [6.07, 6.45) is 1.91. The number of ether oxygens (including phenoxy) is 1. The van der Waals surface area contributed by atoms with Gasteiger partial charge < -0.3 is 15.4 Å². The Hall–Kier alpha value is -2.08. The molecule has 136 valence electrons. The molecular formula is C19H28N4OS. The number of hydrogen-bond donors (Lipinski definition) is 2. The fourth-order valence-corrected chi connectivity index (χ4v) is 3.43. The summed E-state index contributed by atoms with van der Waals surface area (Å²) in [5.41, 5.74) is 2.45. The van der Waals surface area contributed by atoms with Crippen LogP contribution >= 0.6 is 11.3 Å². The summed E-state index contributed by atoms with van der Waals surface area (Å²) >= 11 is 1.79. The van der Waals surface area contributed by atoms with E-state index in [-0.39, 0.29) is 0 Å². The van der Waals surface area contributed by atoms with E-state index in [0.717, 1.165) is 31.1 Å². The van der Waals surface area contributed by atoms with E-state index >= 15 is 0 Å². The van der Waals surface area contributed by atoms with Crippen LogP contribution in [0.4, 0.5) is 0 Å². The summed E-state index contributed by atoms with van der Waals surface area (Å²) in [6.45, 7) is 8.46. The average molecular weight is 361 g/mol. The molecule has 2 aromatic rings. The summed E-state index contributed by atoms with van der Waals surface area (Å²) < 4.78 is 5.70. The number of nitrogens with zero attached hydrogens (tertiary/aromatic N) is 2. The van der Waals surface area contributed by atoms with Crippen LogP contribution in [0.2, 0.25) is 0 Å². The van der Waals surface area contributed by atoms with Crippen molar-refractivity contribution in [3.8, 4) is 5.75 Å². The molecule has 1 aromatic heterocycles. The molecule has 1 heterocycles. The molecule has 0 saturated heterocycles. The lowest BCUT2D eigenvalue weighted by molar-refractivity contribution is 0.322. The summed E-state index contributed by atoms with van der Waals surface area (Å²) in [5.74, 6) is 1.68. The van der Waals surface area contributed by atoms with Crippen LogP contribution in [-0.2, 0) is 12.8 Å². The van der Waals surface area contributed by atoms with Crippen molar-refractivity contribution < 1.29 is 4.74 Å². The molecule has 0 aliphatic carbocycles. The molecule has 0 aliphatic rings. The molecule has 0 spiro atoms. The molecule has 2 N–H and O–H groups in total. The van der Waals surface area contributed by atoms with Gasteiger partial charge in [0.25, 0.3) is 0 Å². The molecule has 0 saturated carbocycles. The van der Waals surface area contributed by atoms with Gasteiger partial charge in [0.15, 0.2) is 5.96 Å². The minimum atomic E-state index is 0.593. The second-order valence-corrected chi connectivity index (χ2v) is 7.09. The van der Waals surface area contributed by atoms with E-state index < -0.39 is 0 Å². The predicted octanol–water partition coefficient (Wildman–Crippen LogP) is 3.11. The Morgan fingerprint density at radius 3 is 2.52 bits per heavy atom. The second kappa shape index (κ2) is 10.0. The molecule has 25 heavy (non-hydrogen) atoms. The highest BCUT2D eigenvalue weighted by Crippen LogP contribution is 2.17. The number of hydrogen-bond acceptors (Lipinski definition) is 4. The Bertz CT molecular complexity index is 679. The summed E-state index contributed by atoms with van der Waals surface area (Å²) in [5, 5.41) is 7.76. The van der Waals surface area contributed by atoms with Crippen molar-refractivity contribution in [1.82, 2.24) is 15.6 Å². The lowest BCUT2D eigenvalue weighted by Crippen LogP contribution is -2.40. The molecule has 0 atom stereocenters. The minimum Gasteiger partial charge on any atom is -0.492 e. The van der Waals surface area contributed by atoms with Crippen molar-refractivity contribution >= 4 is 17.3 Å². The highest BCUT2D eigenvalue weighted by atomic mass is 32.1. The topological polar surface area (TPSA) is 58.5 Å². The van der Waals surface area contributed by atoms with E-state index in [1.807, 2.05) is 24.3 Å². The first kappa shape index (κ1) is 19.2. The van der Waals surface area contributed by atoms with Crippen LogP contribution in [0.15, 0.2) is 29.3 Å². The van der Waals surface area contributed by atoms with Crippen LogP contribution in [0.3, 0.4) is 0 Å². The summed E-state index contributed by atoms with van der Waals surface area (Å²) in [6, 6.07) is 8.08. The fraction of sp³-hybridized carbons (Fsp3) is 0.474. The Balaban J connectivity index is 1.65. The molecule has 0 fully saturated rings. The lowest BCUT2D eigenvalue weighted by atomic mass is 10.2. The Kier molecular flexibility index (Phi) is 7.73. The largest absolute Gasteiger partial charge is 0.492 e. The van der Waals surface area contributed by atoms with Crippen molar-refractivity contribution in [2.75, 3.05) is 26.7 Å². The highest BCUT2D eigenvalue weighted by molar-refractivity contribution is 7.11. The third-order valence-corrected chi connectivity index (χ3v) is 4.88. The third-order valence-electron chi connectivity index (χ3n) is 3.81. The van der Waals surface area contributed by atoms with Crippen molar-refractivity contribution in [3.63, 3.8) is 0 Å². The highest BCUT2D eigenvalue weighted by Gasteiger charge is 2.06. The normalized spacial score (nSPS) is 11.4. The van der Waals surface area contributed by atoms with Gasteiger partial charge in [-0.2, -0.15) is 0 Å². The van der Waals surface area contributed by atoms with Crippen LogP contribution < -0.4 is 15.4 Å². The van der Waals surface area contributed by atoms with Gasteiger partial charge in [-0.15, -0.1) is 11.3 Å². The zero-order valence-electron chi connectivity index (χ0n) is 15.6. The standard InChI is InChI=1S/C19H28N4OS/c1-5-17-15(3)25-18(23-17)10-11-21-19(20-4)22-12-13-24-16-8-6-14(2)7-9-16/h6-9H,5,10-13H2,1-4H3,(H2,20,21,22). The monoisotopic (exact) mass is 360 g/mol. The quantitative estimate of drug-likeness (QED) is 0.431. The van der Waals surface area contributed by atoms with E-state index in [1.54, 1.807) is 18.4 Å². The maximum absolute atomic E-state index is 5.70. The first-order valence-corrected chi connectivity index (χ1v) is 9.53. The number of rotatable bonds is 8. The third kappa shape index (κ3) is 6.38. The molecule has 6 heteroatoms. The van der Waals surface area contributed by atoms with Gasteiger partial charge in [0, 0.05) is 24.9 Å². The lowest BCUT2D eigenvalue weighted by Gasteiger charge is -2.12. The Morgan fingerprint density at radius 2 is 1.88 bits per heavy atom. The van der Waals surface area contributed by atoms with Gasteiger partial charge in [-0.1, -0.05) is 24.6 Å². The fourth-order valence-electron chi connectivity index (χ4n) is 2.40. The van der Waals surface area contributed by atoms with E-state index in [2.05, 4.69) is 41.4 Å². The molecular weight excluding hydrogens is 332 g/mol. The molecule has 5 nitrogen and oxygen atoms in total. The number of nitrogens with one attached hydrogen (secondary N) is 2. The van der Waals surface area contributed by atoms with Gasteiger partial charge in [0.05, 0.1) is 17.2 Å².